The Hall–Kier alpha value is -1.58. The summed E-state index contributed by atoms with van der Waals surface area (Å²) in [5.74, 6) is -1.15. The van der Waals surface area contributed by atoms with E-state index in [9.17, 15) is 14.3 Å². The predicted octanol–water partition coefficient (Wildman–Crippen LogP) is 1.85. The molecule has 1 aliphatic rings. The Morgan fingerprint density at radius 2 is 2.00 bits per heavy atom. The molecule has 0 saturated heterocycles. The second-order valence-electron chi connectivity index (χ2n) is 3.91. The SMILES string of the molecule is O=C(O)C1(c2ccccc2O)CC(F)C1. The quantitative estimate of drug-likeness (QED) is 0.783. The summed E-state index contributed by atoms with van der Waals surface area (Å²) in [6, 6.07) is 6.21. The van der Waals surface area contributed by atoms with Crippen LogP contribution in [0, 0.1) is 0 Å². The van der Waals surface area contributed by atoms with Crippen LogP contribution in [0.25, 0.3) is 0 Å². The van der Waals surface area contributed by atoms with Gasteiger partial charge in [-0.05, 0) is 18.9 Å². The minimum atomic E-state index is -1.23. The number of rotatable bonds is 2. The molecule has 0 spiro atoms. The van der Waals surface area contributed by atoms with E-state index in [1.807, 2.05) is 0 Å². The molecule has 0 amide bonds. The third-order valence-electron chi connectivity index (χ3n) is 2.97. The van der Waals surface area contributed by atoms with Crippen LogP contribution in [-0.4, -0.2) is 22.4 Å². The third kappa shape index (κ3) is 1.37. The molecule has 1 saturated carbocycles. The fourth-order valence-corrected chi connectivity index (χ4v) is 2.08. The molecular weight excluding hydrogens is 199 g/mol. The van der Waals surface area contributed by atoms with Gasteiger partial charge in [-0.15, -0.1) is 0 Å². The van der Waals surface area contributed by atoms with Gasteiger partial charge in [0.1, 0.15) is 17.3 Å². The first-order valence-electron chi connectivity index (χ1n) is 4.72. The van der Waals surface area contributed by atoms with Crippen molar-refractivity contribution in [2.45, 2.75) is 24.4 Å². The minimum Gasteiger partial charge on any atom is -0.508 e. The van der Waals surface area contributed by atoms with Crippen molar-refractivity contribution >= 4 is 5.97 Å². The molecule has 0 unspecified atom stereocenters. The number of benzene rings is 1. The van der Waals surface area contributed by atoms with Gasteiger partial charge in [0.15, 0.2) is 0 Å². The highest BCUT2D eigenvalue weighted by Crippen LogP contribution is 2.48. The summed E-state index contributed by atoms with van der Waals surface area (Å²) >= 11 is 0. The molecule has 4 heteroatoms. The lowest BCUT2D eigenvalue weighted by molar-refractivity contribution is -0.150. The molecule has 1 aromatic carbocycles. The number of alkyl halides is 1. The van der Waals surface area contributed by atoms with Crippen molar-refractivity contribution < 1.29 is 19.4 Å². The second kappa shape index (κ2) is 3.22. The molecule has 80 valence electrons. The largest absolute Gasteiger partial charge is 0.508 e. The van der Waals surface area contributed by atoms with Gasteiger partial charge in [0.2, 0.25) is 0 Å². The van der Waals surface area contributed by atoms with Crippen LogP contribution >= 0.6 is 0 Å². The number of aliphatic carboxylic acids is 1. The van der Waals surface area contributed by atoms with Crippen molar-refractivity contribution in [3.05, 3.63) is 29.8 Å². The van der Waals surface area contributed by atoms with Crippen LogP contribution in [0.4, 0.5) is 4.39 Å². The van der Waals surface area contributed by atoms with Crippen LogP contribution in [0.5, 0.6) is 5.75 Å². The highest BCUT2D eigenvalue weighted by Gasteiger charge is 2.53. The molecule has 0 atom stereocenters. The summed E-state index contributed by atoms with van der Waals surface area (Å²) in [4.78, 5) is 11.1. The maximum atomic E-state index is 12.8. The summed E-state index contributed by atoms with van der Waals surface area (Å²) in [7, 11) is 0. The summed E-state index contributed by atoms with van der Waals surface area (Å²) in [6.45, 7) is 0. The van der Waals surface area contributed by atoms with Crippen LogP contribution in [0.1, 0.15) is 18.4 Å². The van der Waals surface area contributed by atoms with Crippen LogP contribution < -0.4 is 0 Å². The van der Waals surface area contributed by atoms with Crippen LogP contribution in [-0.2, 0) is 10.2 Å². The maximum Gasteiger partial charge on any atom is 0.314 e. The van der Waals surface area contributed by atoms with Gasteiger partial charge in [-0.2, -0.15) is 0 Å². The number of hydrogen-bond acceptors (Lipinski definition) is 2. The fourth-order valence-electron chi connectivity index (χ4n) is 2.08. The number of carboxylic acids is 1. The summed E-state index contributed by atoms with van der Waals surface area (Å²) < 4.78 is 12.8. The van der Waals surface area contributed by atoms with E-state index in [-0.39, 0.29) is 18.6 Å². The Labute approximate surface area is 86.2 Å². The van der Waals surface area contributed by atoms with E-state index < -0.39 is 17.6 Å². The van der Waals surface area contributed by atoms with Gasteiger partial charge < -0.3 is 10.2 Å². The number of carbonyl (C=O) groups is 1. The average Bonchev–Trinajstić information content (AvgIpc) is 2.13. The number of halogens is 1. The predicted molar refractivity (Wildman–Crippen MR) is 51.6 cm³/mol. The summed E-state index contributed by atoms with van der Waals surface area (Å²) in [5, 5.41) is 18.7. The first-order valence-corrected chi connectivity index (χ1v) is 4.72. The average molecular weight is 210 g/mol. The van der Waals surface area contributed by atoms with E-state index in [2.05, 4.69) is 0 Å². The zero-order valence-electron chi connectivity index (χ0n) is 7.98. The fraction of sp³-hybridized carbons (Fsp3) is 0.364. The van der Waals surface area contributed by atoms with Gasteiger partial charge in [0, 0.05) is 5.56 Å². The number of phenolic OH excluding ortho intramolecular Hbond substituents is 1. The molecule has 15 heavy (non-hydrogen) atoms. The monoisotopic (exact) mass is 210 g/mol. The molecule has 2 N–H and O–H groups in total. The van der Waals surface area contributed by atoms with E-state index >= 15 is 0 Å². The molecule has 1 aromatic rings. The molecule has 0 bridgehead atoms. The third-order valence-corrected chi connectivity index (χ3v) is 2.97. The Bertz CT molecular complexity index is 397. The first-order chi connectivity index (χ1) is 7.06. The lowest BCUT2D eigenvalue weighted by Crippen LogP contribution is -2.49. The van der Waals surface area contributed by atoms with E-state index in [0.29, 0.717) is 5.56 Å². The van der Waals surface area contributed by atoms with Crippen LogP contribution in [0.3, 0.4) is 0 Å². The van der Waals surface area contributed by atoms with Crippen LogP contribution in [0.15, 0.2) is 24.3 Å². The zero-order valence-corrected chi connectivity index (χ0v) is 7.98. The normalized spacial score (nSPS) is 29.5. The molecule has 3 nitrogen and oxygen atoms in total. The van der Waals surface area contributed by atoms with Crippen LogP contribution in [0.2, 0.25) is 0 Å². The van der Waals surface area contributed by atoms with Gasteiger partial charge in [-0.1, -0.05) is 18.2 Å². The van der Waals surface area contributed by atoms with Gasteiger partial charge in [-0.3, -0.25) is 4.79 Å². The van der Waals surface area contributed by atoms with Crippen molar-refractivity contribution in [1.29, 1.82) is 0 Å². The number of phenols is 1. The molecule has 0 heterocycles. The smallest absolute Gasteiger partial charge is 0.314 e. The molecular formula is C11H11FO3. The zero-order chi connectivity index (χ0) is 11.1. The van der Waals surface area contributed by atoms with Gasteiger partial charge in [0.25, 0.3) is 0 Å². The van der Waals surface area contributed by atoms with Crippen molar-refractivity contribution in [3.8, 4) is 5.75 Å². The van der Waals surface area contributed by atoms with Gasteiger partial charge in [-0.25, -0.2) is 4.39 Å². The van der Waals surface area contributed by atoms with Gasteiger partial charge >= 0.3 is 5.97 Å². The van der Waals surface area contributed by atoms with Gasteiger partial charge in [0.05, 0.1) is 0 Å². The Kier molecular flexibility index (Phi) is 2.14. The standard InChI is InChI=1S/C11H11FO3/c12-7-5-11(6-7,10(14)15)8-3-1-2-4-9(8)13/h1-4,7,13H,5-6H2,(H,14,15). The summed E-state index contributed by atoms with van der Waals surface area (Å²) in [6.07, 6.45) is -1.19. The number of carboxylic acid groups (broad SMARTS) is 1. The van der Waals surface area contributed by atoms with E-state index in [1.165, 1.54) is 12.1 Å². The second-order valence-corrected chi connectivity index (χ2v) is 3.91. The topological polar surface area (TPSA) is 57.5 Å². The Balaban J connectivity index is 2.43. The number of para-hydroxylation sites is 1. The van der Waals surface area contributed by atoms with Crippen molar-refractivity contribution in [1.82, 2.24) is 0 Å². The highest BCUT2D eigenvalue weighted by atomic mass is 19.1. The minimum absolute atomic E-state index is 0.0556. The first kappa shape index (κ1) is 9.96. The molecule has 1 aliphatic carbocycles. The van der Waals surface area contributed by atoms with Crippen molar-refractivity contribution in [3.63, 3.8) is 0 Å². The number of hydrogen-bond donors (Lipinski definition) is 2. The molecule has 0 radical (unpaired) electrons. The molecule has 2 rings (SSSR count). The van der Waals surface area contributed by atoms with Crippen molar-refractivity contribution in [2.75, 3.05) is 0 Å². The highest BCUT2D eigenvalue weighted by molar-refractivity contribution is 5.84. The van der Waals surface area contributed by atoms with E-state index in [4.69, 9.17) is 5.11 Å². The summed E-state index contributed by atoms with van der Waals surface area (Å²) in [5.41, 5.74) is -0.920. The van der Waals surface area contributed by atoms with E-state index in [0.717, 1.165) is 0 Å². The maximum absolute atomic E-state index is 12.8. The lowest BCUT2D eigenvalue weighted by Gasteiger charge is -2.40. The van der Waals surface area contributed by atoms with E-state index in [1.54, 1.807) is 12.1 Å². The molecule has 0 aliphatic heterocycles. The molecule has 1 fully saturated rings. The lowest BCUT2D eigenvalue weighted by atomic mass is 9.63. The Morgan fingerprint density at radius 1 is 1.40 bits per heavy atom. The molecule has 0 aromatic heterocycles. The Morgan fingerprint density at radius 3 is 2.47 bits per heavy atom. The number of aromatic hydroxyl groups is 1. The van der Waals surface area contributed by atoms with Crippen molar-refractivity contribution in [2.24, 2.45) is 0 Å².